The second-order valence-electron chi connectivity index (χ2n) is 13.4. The molecule has 4 heterocycles. The maximum Gasteiger partial charge on any atom is 0.307 e. The third-order valence-corrected chi connectivity index (χ3v) is 10.3. The zero-order chi connectivity index (χ0) is 30.4. The van der Waals surface area contributed by atoms with Gasteiger partial charge in [-0.05, 0) is 51.2 Å². The third kappa shape index (κ3) is 5.70. The summed E-state index contributed by atoms with van der Waals surface area (Å²) >= 11 is 0. The Balaban J connectivity index is 1.36. The first-order valence-corrected chi connectivity index (χ1v) is 15.7. The van der Waals surface area contributed by atoms with Crippen LogP contribution < -0.4 is 9.47 Å². The highest BCUT2D eigenvalue weighted by Crippen LogP contribution is 2.50. The van der Waals surface area contributed by atoms with Crippen LogP contribution in [-0.2, 0) is 30.3 Å². The lowest BCUT2D eigenvalue weighted by molar-refractivity contribution is -0.176. The molecule has 10 heteroatoms. The van der Waals surface area contributed by atoms with Crippen molar-refractivity contribution in [1.82, 2.24) is 14.9 Å². The molecule has 6 rings (SSSR count). The van der Waals surface area contributed by atoms with Crippen LogP contribution in [0.5, 0.6) is 11.6 Å². The Labute approximate surface area is 252 Å². The van der Waals surface area contributed by atoms with Crippen LogP contribution in [-0.4, -0.2) is 77.6 Å². The Hall–Kier alpha value is -3.27. The highest BCUT2D eigenvalue weighted by molar-refractivity contribution is 5.87. The molecule has 10 nitrogen and oxygen atoms in total. The molecule has 1 aromatic heterocycles. The number of benzene rings is 1. The summed E-state index contributed by atoms with van der Waals surface area (Å²) in [5.74, 6) is -0.0245. The molecular weight excluding hydrogens is 550 g/mol. The Morgan fingerprint density at radius 2 is 1.93 bits per heavy atom. The van der Waals surface area contributed by atoms with Crippen LogP contribution in [0.2, 0.25) is 0 Å². The first-order chi connectivity index (χ1) is 20.7. The van der Waals surface area contributed by atoms with Gasteiger partial charge in [-0.25, -0.2) is 9.97 Å². The van der Waals surface area contributed by atoms with Crippen LogP contribution in [0, 0.1) is 23.2 Å². The van der Waals surface area contributed by atoms with Crippen LogP contribution in [0.3, 0.4) is 0 Å². The van der Waals surface area contributed by atoms with E-state index in [4.69, 9.17) is 28.9 Å². The number of aromatic nitrogens is 2. The molecule has 1 aliphatic carbocycles. The molecule has 1 aromatic carbocycles. The molecule has 1 amide bonds. The minimum absolute atomic E-state index is 0.0342. The highest BCUT2D eigenvalue weighted by Gasteiger charge is 2.55. The minimum atomic E-state index is -0.671. The van der Waals surface area contributed by atoms with E-state index in [9.17, 15) is 14.4 Å². The van der Waals surface area contributed by atoms with Gasteiger partial charge in [0.05, 0.1) is 56.3 Å². The van der Waals surface area contributed by atoms with Gasteiger partial charge in [0.1, 0.15) is 29.4 Å². The van der Waals surface area contributed by atoms with E-state index in [2.05, 4.69) is 0 Å². The topological polar surface area (TPSA) is 117 Å². The summed E-state index contributed by atoms with van der Waals surface area (Å²) < 4.78 is 23.6. The fraction of sp³-hybridized carbons (Fsp3) is 0.667. The normalized spacial score (nSPS) is 32.7. The number of hydrogen-bond donors (Lipinski definition) is 0. The molecule has 1 saturated carbocycles. The second-order valence-corrected chi connectivity index (χ2v) is 13.4. The number of ether oxygens (including phenoxy) is 4. The van der Waals surface area contributed by atoms with Gasteiger partial charge >= 0.3 is 5.97 Å². The smallest absolute Gasteiger partial charge is 0.307 e. The van der Waals surface area contributed by atoms with Crippen LogP contribution >= 0.6 is 0 Å². The van der Waals surface area contributed by atoms with Crippen LogP contribution in [0.4, 0.5) is 0 Å². The van der Waals surface area contributed by atoms with Crippen molar-refractivity contribution in [1.29, 1.82) is 0 Å². The minimum Gasteiger partial charge on any atom is -0.497 e. The first-order valence-electron chi connectivity index (χ1n) is 15.7. The Morgan fingerprint density at radius 3 is 2.63 bits per heavy atom. The number of carbonyl (C=O) groups is 3. The Morgan fingerprint density at radius 1 is 1.12 bits per heavy atom. The van der Waals surface area contributed by atoms with E-state index >= 15 is 0 Å². The summed E-state index contributed by atoms with van der Waals surface area (Å²) in [5.41, 5.74) is 1.22. The molecule has 0 unspecified atom stereocenters. The predicted octanol–water partition coefficient (Wildman–Crippen LogP) is 4.30. The SMILES string of the molecule is CC[C@@H]1[C@@H]2CN(C(=O)[C@H](C3(C)COC3)CC(=O)O[C@]3(C)C[C@H]3CCCCCc3nc4ccc(OC)cc4nc3O2)[C@@H]1C=O. The Kier molecular flexibility index (Phi) is 8.08. The van der Waals surface area contributed by atoms with Gasteiger partial charge < -0.3 is 28.6 Å². The lowest BCUT2D eigenvalue weighted by atomic mass is 9.72. The van der Waals surface area contributed by atoms with Crippen LogP contribution in [0.25, 0.3) is 11.0 Å². The molecule has 3 fully saturated rings. The van der Waals surface area contributed by atoms with Crippen molar-refractivity contribution in [2.24, 2.45) is 23.2 Å². The number of methoxy groups -OCH3 is 1. The van der Waals surface area contributed by atoms with E-state index in [1.807, 2.05) is 39.0 Å². The van der Waals surface area contributed by atoms with E-state index in [0.29, 0.717) is 49.1 Å². The highest BCUT2D eigenvalue weighted by atomic mass is 16.6. The lowest BCUT2D eigenvalue weighted by Crippen LogP contribution is -2.54. The number of amides is 1. The molecule has 232 valence electrons. The van der Waals surface area contributed by atoms with Crippen molar-refractivity contribution in [2.75, 3.05) is 26.9 Å². The molecule has 6 atom stereocenters. The molecule has 0 radical (unpaired) electrons. The molecule has 4 aliphatic rings. The van der Waals surface area contributed by atoms with E-state index in [1.54, 1.807) is 12.0 Å². The molecule has 2 aromatic rings. The standard InChI is InChI=1S/C33H43N3O7/c1-5-22-27(17-37)36-16-28(22)42-30-25(34-24-12-11-21(40-4)13-26(24)35-30)10-8-6-7-9-20-15-33(20,3)43-29(38)14-23(31(36)39)32(2)18-41-19-32/h11-13,17,20,22-23,27-28H,5-10,14-16,18-19H2,1-4H3/t20-,22+,23-,27-,28+,33-/m1/s1. The maximum absolute atomic E-state index is 14.3. The number of carbonyl (C=O) groups excluding carboxylic acids is 3. The number of hydrogen-bond acceptors (Lipinski definition) is 9. The van der Waals surface area contributed by atoms with Crippen LogP contribution in [0.15, 0.2) is 18.2 Å². The predicted molar refractivity (Wildman–Crippen MR) is 158 cm³/mol. The average Bonchev–Trinajstić information content (AvgIpc) is 3.46. The van der Waals surface area contributed by atoms with E-state index in [-0.39, 0.29) is 30.8 Å². The van der Waals surface area contributed by atoms with Crippen molar-refractivity contribution in [3.8, 4) is 11.6 Å². The fourth-order valence-electron chi connectivity index (χ4n) is 7.27. The molecule has 2 saturated heterocycles. The van der Waals surface area contributed by atoms with E-state index in [1.165, 1.54) is 0 Å². The summed E-state index contributed by atoms with van der Waals surface area (Å²) in [7, 11) is 1.61. The molecule has 2 bridgehead atoms. The summed E-state index contributed by atoms with van der Waals surface area (Å²) in [6, 6.07) is 4.94. The van der Waals surface area contributed by atoms with Gasteiger partial charge in [0.25, 0.3) is 0 Å². The van der Waals surface area contributed by atoms with Crippen molar-refractivity contribution in [3.63, 3.8) is 0 Å². The van der Waals surface area contributed by atoms with Crippen molar-refractivity contribution in [2.45, 2.75) is 89.9 Å². The summed E-state index contributed by atoms with van der Waals surface area (Å²) in [4.78, 5) is 51.6. The average molecular weight is 594 g/mol. The summed E-state index contributed by atoms with van der Waals surface area (Å²) in [6.45, 7) is 6.96. The quantitative estimate of drug-likeness (QED) is 0.378. The maximum atomic E-state index is 14.3. The number of fused-ring (bicyclic) bond motifs is 5. The second kappa shape index (κ2) is 11.7. The van der Waals surface area contributed by atoms with Crippen molar-refractivity contribution < 1.29 is 33.3 Å². The van der Waals surface area contributed by atoms with Gasteiger partial charge in [0, 0.05) is 23.3 Å². The third-order valence-electron chi connectivity index (χ3n) is 10.3. The number of nitrogens with zero attached hydrogens (tertiary/aromatic N) is 3. The van der Waals surface area contributed by atoms with Gasteiger partial charge in [0.2, 0.25) is 11.8 Å². The van der Waals surface area contributed by atoms with Gasteiger partial charge in [-0.3, -0.25) is 9.59 Å². The number of aldehydes is 1. The van der Waals surface area contributed by atoms with Crippen molar-refractivity contribution >= 4 is 29.2 Å². The van der Waals surface area contributed by atoms with E-state index in [0.717, 1.165) is 49.6 Å². The number of esters is 1. The lowest BCUT2D eigenvalue weighted by Gasteiger charge is -2.44. The summed E-state index contributed by atoms with van der Waals surface area (Å²) in [5, 5.41) is 0. The summed E-state index contributed by atoms with van der Waals surface area (Å²) in [6.07, 6.45) is 6.48. The zero-order valence-electron chi connectivity index (χ0n) is 25.7. The van der Waals surface area contributed by atoms with Gasteiger partial charge in [-0.15, -0.1) is 0 Å². The largest absolute Gasteiger partial charge is 0.497 e. The monoisotopic (exact) mass is 593 g/mol. The Bertz CT molecular complexity index is 1390. The van der Waals surface area contributed by atoms with Crippen molar-refractivity contribution in [3.05, 3.63) is 23.9 Å². The van der Waals surface area contributed by atoms with Gasteiger partial charge in [-0.2, -0.15) is 0 Å². The van der Waals surface area contributed by atoms with Gasteiger partial charge in [-0.1, -0.05) is 26.7 Å². The molecule has 43 heavy (non-hydrogen) atoms. The zero-order valence-corrected chi connectivity index (χ0v) is 25.7. The molecule has 0 N–H and O–H groups in total. The number of aryl methyl sites for hydroxylation is 1. The van der Waals surface area contributed by atoms with Gasteiger partial charge in [0.15, 0.2) is 0 Å². The molecule has 0 spiro atoms. The number of rotatable bonds is 4. The fourth-order valence-corrected chi connectivity index (χ4v) is 7.27. The van der Waals surface area contributed by atoms with Crippen LogP contribution in [0.1, 0.15) is 71.4 Å². The first kappa shape index (κ1) is 29.8. The van der Waals surface area contributed by atoms with E-state index < -0.39 is 29.1 Å². The molecular formula is C33H43N3O7. The molecule has 3 aliphatic heterocycles.